The molecule has 0 saturated carbocycles. The van der Waals surface area contributed by atoms with E-state index in [0.29, 0.717) is 6.04 Å². The molecule has 118 valence electrons. The van der Waals surface area contributed by atoms with Crippen molar-refractivity contribution in [2.45, 2.75) is 31.8 Å². The highest BCUT2D eigenvalue weighted by molar-refractivity contribution is 9.10. The fourth-order valence-electron chi connectivity index (χ4n) is 3.52. The lowest BCUT2D eigenvalue weighted by molar-refractivity contribution is 0.452. The molecule has 3 aromatic rings. The van der Waals surface area contributed by atoms with Crippen LogP contribution >= 0.6 is 15.9 Å². The van der Waals surface area contributed by atoms with Crippen LogP contribution in [0.5, 0.6) is 0 Å². The molecule has 4 heteroatoms. The average Bonchev–Trinajstić information content (AvgIpc) is 2.93. The van der Waals surface area contributed by atoms with E-state index in [-0.39, 0.29) is 0 Å². The molecule has 0 saturated heterocycles. The molecule has 1 heterocycles. The maximum Gasteiger partial charge on any atom is 0.0478 e. The van der Waals surface area contributed by atoms with E-state index in [1.165, 1.54) is 40.6 Å². The standard InChI is InChI=1S/C19H20BrN3/c20-13-6-9-17-16(10-13)15-2-1-3-18(19(15)23-17)22-11-12-4-7-14(21)8-5-12/h4-10,18,22-23H,1-3,11,21H2. The van der Waals surface area contributed by atoms with Crippen molar-refractivity contribution in [2.24, 2.45) is 0 Å². The van der Waals surface area contributed by atoms with Gasteiger partial charge in [0.2, 0.25) is 0 Å². The number of anilines is 1. The summed E-state index contributed by atoms with van der Waals surface area (Å²) in [6, 6.07) is 15.0. The molecule has 0 bridgehead atoms. The van der Waals surface area contributed by atoms with Gasteiger partial charge in [-0.1, -0.05) is 28.1 Å². The maximum atomic E-state index is 5.75. The Labute approximate surface area is 144 Å². The quantitative estimate of drug-likeness (QED) is 0.587. The number of nitrogen functional groups attached to an aromatic ring is 1. The first-order valence-electron chi connectivity index (χ1n) is 8.08. The minimum Gasteiger partial charge on any atom is -0.399 e. The van der Waals surface area contributed by atoms with Crippen molar-refractivity contribution in [3.8, 4) is 0 Å². The summed E-state index contributed by atoms with van der Waals surface area (Å²) in [7, 11) is 0. The van der Waals surface area contributed by atoms with Crippen molar-refractivity contribution in [1.29, 1.82) is 0 Å². The molecule has 1 aliphatic rings. The lowest BCUT2D eigenvalue weighted by Gasteiger charge is -2.24. The summed E-state index contributed by atoms with van der Waals surface area (Å²) < 4.78 is 1.14. The van der Waals surface area contributed by atoms with Gasteiger partial charge in [-0.15, -0.1) is 0 Å². The lowest BCUT2D eigenvalue weighted by Crippen LogP contribution is -2.24. The molecule has 0 radical (unpaired) electrons. The summed E-state index contributed by atoms with van der Waals surface area (Å²) in [5, 5.41) is 5.06. The summed E-state index contributed by atoms with van der Waals surface area (Å²) in [4.78, 5) is 3.64. The summed E-state index contributed by atoms with van der Waals surface area (Å²) >= 11 is 3.59. The number of nitrogens with two attached hydrogens (primary N) is 1. The van der Waals surface area contributed by atoms with E-state index in [2.05, 4.69) is 56.6 Å². The molecule has 4 rings (SSSR count). The van der Waals surface area contributed by atoms with Crippen molar-refractivity contribution in [1.82, 2.24) is 10.3 Å². The number of H-pyrrole nitrogens is 1. The highest BCUT2D eigenvalue weighted by Crippen LogP contribution is 2.35. The molecule has 4 N–H and O–H groups in total. The van der Waals surface area contributed by atoms with E-state index in [1.54, 1.807) is 0 Å². The molecule has 0 aliphatic heterocycles. The van der Waals surface area contributed by atoms with Crippen LogP contribution in [0, 0.1) is 0 Å². The fourth-order valence-corrected chi connectivity index (χ4v) is 3.88. The number of nitrogens with one attached hydrogen (secondary N) is 2. The first kappa shape index (κ1) is 14.8. The number of hydrogen-bond donors (Lipinski definition) is 3. The van der Waals surface area contributed by atoms with Crippen LogP contribution in [0.1, 0.15) is 35.7 Å². The first-order valence-corrected chi connectivity index (χ1v) is 8.88. The molecule has 2 aromatic carbocycles. The average molecular weight is 370 g/mol. The number of aromatic nitrogens is 1. The summed E-state index contributed by atoms with van der Waals surface area (Å²) in [6.45, 7) is 0.865. The zero-order valence-corrected chi connectivity index (χ0v) is 14.5. The van der Waals surface area contributed by atoms with Gasteiger partial charge in [-0.05, 0) is 60.7 Å². The number of fused-ring (bicyclic) bond motifs is 3. The third-order valence-corrected chi connectivity index (χ3v) is 5.19. The SMILES string of the molecule is Nc1ccc(CNC2CCCc3c2[nH]c2ccc(Br)cc32)cc1. The zero-order valence-electron chi connectivity index (χ0n) is 12.9. The molecule has 3 nitrogen and oxygen atoms in total. The van der Waals surface area contributed by atoms with Gasteiger partial charge in [0.15, 0.2) is 0 Å². The Bertz CT molecular complexity index is 836. The topological polar surface area (TPSA) is 53.8 Å². The summed E-state index contributed by atoms with van der Waals surface area (Å²) in [5.74, 6) is 0. The Balaban J connectivity index is 1.60. The van der Waals surface area contributed by atoms with Crippen LogP contribution in [0.25, 0.3) is 10.9 Å². The van der Waals surface area contributed by atoms with Gasteiger partial charge in [0.1, 0.15) is 0 Å². The molecule has 1 atom stereocenters. The minimum absolute atomic E-state index is 0.391. The highest BCUT2D eigenvalue weighted by Gasteiger charge is 2.23. The third-order valence-electron chi connectivity index (χ3n) is 4.70. The van der Waals surface area contributed by atoms with Gasteiger partial charge in [-0.2, -0.15) is 0 Å². The number of rotatable bonds is 3. The zero-order chi connectivity index (χ0) is 15.8. The number of halogens is 1. The van der Waals surface area contributed by atoms with Crippen LogP contribution in [0.2, 0.25) is 0 Å². The normalized spacial score (nSPS) is 17.3. The number of aryl methyl sites for hydroxylation is 1. The van der Waals surface area contributed by atoms with Gasteiger partial charge >= 0.3 is 0 Å². The van der Waals surface area contributed by atoms with Crippen molar-refractivity contribution < 1.29 is 0 Å². The van der Waals surface area contributed by atoms with Gasteiger partial charge in [-0.3, -0.25) is 0 Å². The third kappa shape index (κ3) is 2.89. The van der Waals surface area contributed by atoms with E-state index in [4.69, 9.17) is 5.73 Å². The lowest BCUT2D eigenvalue weighted by atomic mass is 9.91. The van der Waals surface area contributed by atoms with Crippen molar-refractivity contribution in [3.05, 3.63) is 63.8 Å². The number of benzene rings is 2. The largest absolute Gasteiger partial charge is 0.399 e. The molecule has 1 aromatic heterocycles. The van der Waals surface area contributed by atoms with Crippen LogP contribution in [-0.4, -0.2) is 4.98 Å². The molecule has 23 heavy (non-hydrogen) atoms. The maximum absolute atomic E-state index is 5.75. The van der Waals surface area contributed by atoms with E-state index in [1.807, 2.05) is 12.1 Å². The molecular formula is C19H20BrN3. The number of aromatic amines is 1. The number of hydrogen-bond acceptors (Lipinski definition) is 2. The Hall–Kier alpha value is -1.78. The predicted octanol–water partition coefficient (Wildman–Crippen LogP) is 4.68. The van der Waals surface area contributed by atoms with Gasteiger partial charge in [0.25, 0.3) is 0 Å². The second kappa shape index (κ2) is 6.02. The molecule has 0 spiro atoms. The van der Waals surface area contributed by atoms with Gasteiger partial charge in [0.05, 0.1) is 0 Å². The monoisotopic (exact) mass is 369 g/mol. The molecule has 1 unspecified atom stereocenters. The molecular weight excluding hydrogens is 350 g/mol. The van der Waals surface area contributed by atoms with E-state index >= 15 is 0 Å². The van der Waals surface area contributed by atoms with Crippen molar-refractivity contribution in [3.63, 3.8) is 0 Å². The second-order valence-electron chi connectivity index (χ2n) is 6.27. The van der Waals surface area contributed by atoms with E-state index in [0.717, 1.165) is 23.1 Å². The Kier molecular flexibility index (Phi) is 3.87. The van der Waals surface area contributed by atoms with Crippen LogP contribution in [0.15, 0.2) is 46.9 Å². The Morgan fingerprint density at radius 2 is 2.00 bits per heavy atom. The van der Waals surface area contributed by atoms with Crippen LogP contribution in [-0.2, 0) is 13.0 Å². The van der Waals surface area contributed by atoms with Crippen LogP contribution < -0.4 is 11.1 Å². The van der Waals surface area contributed by atoms with Crippen LogP contribution in [0.4, 0.5) is 5.69 Å². The predicted molar refractivity (Wildman–Crippen MR) is 99.4 cm³/mol. The highest BCUT2D eigenvalue weighted by atomic mass is 79.9. The van der Waals surface area contributed by atoms with Gasteiger partial charge in [-0.25, -0.2) is 0 Å². The molecule has 0 amide bonds. The van der Waals surface area contributed by atoms with Gasteiger partial charge < -0.3 is 16.0 Å². The van der Waals surface area contributed by atoms with E-state index < -0.39 is 0 Å². The Morgan fingerprint density at radius 1 is 1.17 bits per heavy atom. The van der Waals surface area contributed by atoms with Gasteiger partial charge in [0, 0.05) is 39.3 Å². The second-order valence-corrected chi connectivity index (χ2v) is 7.19. The van der Waals surface area contributed by atoms with E-state index in [9.17, 15) is 0 Å². The fraction of sp³-hybridized carbons (Fsp3) is 0.263. The summed E-state index contributed by atoms with van der Waals surface area (Å²) in [6.07, 6.45) is 3.56. The summed E-state index contributed by atoms with van der Waals surface area (Å²) in [5.41, 5.74) is 11.9. The van der Waals surface area contributed by atoms with Crippen molar-refractivity contribution in [2.75, 3.05) is 5.73 Å². The Morgan fingerprint density at radius 3 is 2.83 bits per heavy atom. The minimum atomic E-state index is 0.391. The molecule has 1 aliphatic carbocycles. The smallest absolute Gasteiger partial charge is 0.0478 e. The first-order chi connectivity index (χ1) is 11.2. The molecule has 0 fully saturated rings. The van der Waals surface area contributed by atoms with Crippen molar-refractivity contribution >= 4 is 32.5 Å². The van der Waals surface area contributed by atoms with Crippen LogP contribution in [0.3, 0.4) is 0 Å².